The minimum atomic E-state index is 0.521. The van der Waals surface area contributed by atoms with Crippen molar-refractivity contribution in [2.24, 2.45) is 0 Å². The van der Waals surface area contributed by atoms with Gasteiger partial charge in [-0.2, -0.15) is 0 Å². The minimum absolute atomic E-state index is 0.521. The van der Waals surface area contributed by atoms with Crippen LogP contribution < -0.4 is 5.32 Å². The van der Waals surface area contributed by atoms with Crippen molar-refractivity contribution in [2.75, 3.05) is 11.9 Å². The number of aromatic nitrogens is 2. The molecule has 100 valence electrons. The summed E-state index contributed by atoms with van der Waals surface area (Å²) in [6, 6.07) is 9.96. The fourth-order valence-corrected chi connectivity index (χ4v) is 2.90. The van der Waals surface area contributed by atoms with E-state index >= 15 is 0 Å². The van der Waals surface area contributed by atoms with Crippen LogP contribution in [0.3, 0.4) is 0 Å². The molecular weight excluding hydrogens is 293 g/mol. The normalized spacial score (nSPS) is 13.5. The first-order chi connectivity index (χ1) is 9.70. The molecule has 0 fully saturated rings. The number of H-pyrrole nitrogens is 1. The van der Waals surface area contributed by atoms with Crippen molar-refractivity contribution in [3.8, 4) is 11.4 Å². The summed E-state index contributed by atoms with van der Waals surface area (Å²) in [5.41, 5.74) is 5.32. The molecule has 0 radical (unpaired) electrons. The van der Waals surface area contributed by atoms with Crippen molar-refractivity contribution in [1.82, 2.24) is 9.97 Å². The molecule has 1 aromatic heterocycles. The number of fused-ring (bicyclic) bond motifs is 2. The van der Waals surface area contributed by atoms with Crippen molar-refractivity contribution in [2.45, 2.75) is 6.42 Å². The Balaban J connectivity index is 1.86. The van der Waals surface area contributed by atoms with Gasteiger partial charge in [-0.1, -0.05) is 35.3 Å². The molecule has 3 nitrogen and oxygen atoms in total. The van der Waals surface area contributed by atoms with E-state index in [-0.39, 0.29) is 0 Å². The lowest BCUT2D eigenvalue weighted by molar-refractivity contribution is 1.11. The molecule has 0 atom stereocenters. The van der Waals surface area contributed by atoms with E-state index in [9.17, 15) is 0 Å². The maximum atomic E-state index is 6.03. The number of hydrogen-bond donors (Lipinski definition) is 2. The first-order valence-corrected chi connectivity index (χ1v) is 7.18. The van der Waals surface area contributed by atoms with Gasteiger partial charge >= 0.3 is 0 Å². The number of aromatic amines is 1. The molecule has 0 unspecified atom stereocenters. The summed E-state index contributed by atoms with van der Waals surface area (Å²) in [5, 5.41) is 4.43. The highest BCUT2D eigenvalue weighted by Crippen LogP contribution is 2.31. The van der Waals surface area contributed by atoms with Crippen molar-refractivity contribution < 1.29 is 0 Å². The second kappa shape index (κ2) is 4.40. The molecule has 1 aliphatic heterocycles. The Labute approximate surface area is 125 Å². The molecule has 5 heteroatoms. The Kier molecular flexibility index (Phi) is 2.65. The van der Waals surface area contributed by atoms with Crippen molar-refractivity contribution in [3.63, 3.8) is 0 Å². The molecule has 1 aliphatic rings. The number of benzene rings is 2. The molecule has 0 saturated heterocycles. The van der Waals surface area contributed by atoms with E-state index in [0.717, 1.165) is 35.4 Å². The molecule has 2 heterocycles. The van der Waals surface area contributed by atoms with E-state index in [0.29, 0.717) is 10.0 Å². The maximum absolute atomic E-state index is 6.03. The van der Waals surface area contributed by atoms with E-state index in [2.05, 4.69) is 33.5 Å². The third kappa shape index (κ3) is 1.86. The number of nitrogens with one attached hydrogen (secondary N) is 2. The van der Waals surface area contributed by atoms with Crippen LogP contribution in [0.2, 0.25) is 10.0 Å². The van der Waals surface area contributed by atoms with E-state index < -0.39 is 0 Å². The number of imidazole rings is 1. The van der Waals surface area contributed by atoms with Gasteiger partial charge in [0.1, 0.15) is 5.82 Å². The molecule has 0 aliphatic carbocycles. The molecule has 0 amide bonds. The van der Waals surface area contributed by atoms with Gasteiger partial charge in [-0.25, -0.2) is 4.98 Å². The van der Waals surface area contributed by atoms with E-state index in [1.807, 2.05) is 0 Å². The van der Waals surface area contributed by atoms with Crippen LogP contribution >= 0.6 is 23.2 Å². The van der Waals surface area contributed by atoms with Crippen LogP contribution in [-0.2, 0) is 6.42 Å². The van der Waals surface area contributed by atoms with Gasteiger partial charge in [-0.15, -0.1) is 0 Å². The van der Waals surface area contributed by atoms with Crippen molar-refractivity contribution >= 4 is 39.9 Å². The molecule has 2 N–H and O–H groups in total. The monoisotopic (exact) mass is 303 g/mol. The highest BCUT2D eigenvalue weighted by atomic mass is 35.5. The van der Waals surface area contributed by atoms with Crippen LogP contribution in [0, 0.1) is 0 Å². The highest BCUT2D eigenvalue weighted by Gasteiger charge is 2.13. The molecule has 4 rings (SSSR count). The number of anilines is 1. The van der Waals surface area contributed by atoms with Crippen LogP contribution in [0.1, 0.15) is 5.56 Å². The summed E-state index contributed by atoms with van der Waals surface area (Å²) in [5.74, 6) is 0.829. The predicted octanol–water partition coefficient (Wildman–Crippen LogP) is 4.50. The minimum Gasteiger partial charge on any atom is -0.384 e. The largest absolute Gasteiger partial charge is 0.384 e. The van der Waals surface area contributed by atoms with Crippen LogP contribution in [0.25, 0.3) is 22.4 Å². The van der Waals surface area contributed by atoms with Crippen molar-refractivity contribution in [3.05, 3.63) is 45.9 Å². The highest BCUT2D eigenvalue weighted by molar-refractivity contribution is 6.42. The van der Waals surface area contributed by atoms with Gasteiger partial charge in [0, 0.05) is 17.8 Å². The van der Waals surface area contributed by atoms with Gasteiger partial charge in [0.25, 0.3) is 0 Å². The van der Waals surface area contributed by atoms with E-state index in [1.54, 1.807) is 12.1 Å². The third-order valence-electron chi connectivity index (χ3n) is 3.62. The Morgan fingerprint density at radius 3 is 2.80 bits per heavy atom. The van der Waals surface area contributed by atoms with Crippen LogP contribution in [0.5, 0.6) is 0 Å². The summed E-state index contributed by atoms with van der Waals surface area (Å²) in [7, 11) is 0. The average Bonchev–Trinajstić information content (AvgIpc) is 3.04. The van der Waals surface area contributed by atoms with Gasteiger partial charge < -0.3 is 10.3 Å². The molecule has 20 heavy (non-hydrogen) atoms. The topological polar surface area (TPSA) is 40.7 Å². The second-order valence-corrected chi connectivity index (χ2v) is 5.73. The van der Waals surface area contributed by atoms with E-state index in [4.69, 9.17) is 23.2 Å². The average molecular weight is 304 g/mol. The quantitative estimate of drug-likeness (QED) is 0.694. The molecule has 2 aromatic carbocycles. The SMILES string of the molecule is Clc1cc2nc(-c3ccc4c(c3)NCC4)[nH]c2cc1Cl. The number of hydrogen-bond acceptors (Lipinski definition) is 2. The smallest absolute Gasteiger partial charge is 0.138 e. The Hall–Kier alpha value is -1.71. The molecule has 0 bridgehead atoms. The van der Waals surface area contributed by atoms with Gasteiger partial charge in [0.15, 0.2) is 0 Å². The fourth-order valence-electron chi connectivity index (χ4n) is 2.58. The number of halogens is 2. The zero-order valence-corrected chi connectivity index (χ0v) is 12.0. The van der Waals surface area contributed by atoms with Gasteiger partial charge in [-0.05, 0) is 30.2 Å². The summed E-state index contributed by atoms with van der Waals surface area (Å²) in [6.45, 7) is 1.00. The lowest BCUT2D eigenvalue weighted by Gasteiger charge is -2.02. The van der Waals surface area contributed by atoms with E-state index in [1.165, 1.54) is 11.3 Å². The lowest BCUT2D eigenvalue weighted by Crippen LogP contribution is -1.91. The first-order valence-electron chi connectivity index (χ1n) is 6.43. The molecular formula is C15H11Cl2N3. The zero-order valence-electron chi connectivity index (χ0n) is 10.5. The number of nitrogens with zero attached hydrogens (tertiary/aromatic N) is 1. The summed E-state index contributed by atoms with van der Waals surface area (Å²) >= 11 is 12.1. The van der Waals surface area contributed by atoms with Gasteiger partial charge in [0.05, 0.1) is 21.1 Å². The summed E-state index contributed by atoms with van der Waals surface area (Å²) in [6.07, 6.45) is 1.08. The van der Waals surface area contributed by atoms with Crippen LogP contribution in [-0.4, -0.2) is 16.5 Å². The standard InChI is InChI=1S/C15H11Cl2N3/c16-10-6-13-14(7-11(10)17)20-15(19-13)9-2-1-8-3-4-18-12(8)5-9/h1-2,5-7,18H,3-4H2,(H,19,20). The van der Waals surface area contributed by atoms with Crippen LogP contribution in [0.4, 0.5) is 5.69 Å². The number of rotatable bonds is 1. The molecule has 0 saturated carbocycles. The lowest BCUT2D eigenvalue weighted by atomic mass is 10.1. The predicted molar refractivity (Wildman–Crippen MR) is 83.7 cm³/mol. The molecule has 3 aromatic rings. The second-order valence-electron chi connectivity index (χ2n) is 4.92. The first kappa shape index (κ1) is 12.1. The Morgan fingerprint density at radius 2 is 1.90 bits per heavy atom. The maximum Gasteiger partial charge on any atom is 0.138 e. The van der Waals surface area contributed by atoms with Gasteiger partial charge in [-0.3, -0.25) is 0 Å². The van der Waals surface area contributed by atoms with Gasteiger partial charge in [0.2, 0.25) is 0 Å². The van der Waals surface area contributed by atoms with Crippen molar-refractivity contribution in [1.29, 1.82) is 0 Å². The molecule has 0 spiro atoms. The fraction of sp³-hybridized carbons (Fsp3) is 0.133. The zero-order chi connectivity index (χ0) is 13.7. The Bertz CT molecular complexity index is 784. The Morgan fingerprint density at radius 1 is 1.05 bits per heavy atom. The third-order valence-corrected chi connectivity index (χ3v) is 4.34. The van der Waals surface area contributed by atoms with Crippen LogP contribution in [0.15, 0.2) is 30.3 Å². The summed E-state index contributed by atoms with van der Waals surface area (Å²) in [4.78, 5) is 7.87. The summed E-state index contributed by atoms with van der Waals surface area (Å²) < 4.78 is 0.